The first-order chi connectivity index (χ1) is 15.6. The van der Waals surface area contributed by atoms with Crippen molar-refractivity contribution in [2.45, 2.75) is 18.6 Å². The number of para-hydroxylation sites is 1. The van der Waals surface area contributed by atoms with Crippen molar-refractivity contribution in [1.29, 1.82) is 0 Å². The third kappa shape index (κ3) is 4.03. The fraction of sp³-hybridized carbons (Fsp3) is 0.261. The van der Waals surface area contributed by atoms with Gasteiger partial charge in [0.25, 0.3) is 5.22 Å². The van der Waals surface area contributed by atoms with Crippen molar-refractivity contribution in [3.63, 3.8) is 0 Å². The molecule has 0 radical (unpaired) electrons. The molecule has 0 bridgehead atoms. The second kappa shape index (κ2) is 9.35. The average Bonchev–Trinajstić information content (AvgIpc) is 3.48. The van der Waals surface area contributed by atoms with E-state index in [-0.39, 0.29) is 11.5 Å². The number of thioether (sulfide) groups is 1. The number of fused-ring (bicyclic) bond motifs is 1. The molecule has 0 spiro atoms. The molecule has 32 heavy (non-hydrogen) atoms. The zero-order valence-electron chi connectivity index (χ0n) is 18.2. The second-order valence-electron chi connectivity index (χ2n) is 6.89. The van der Waals surface area contributed by atoms with Crippen molar-refractivity contribution in [3.05, 3.63) is 47.7 Å². The van der Waals surface area contributed by atoms with Gasteiger partial charge in [-0.3, -0.25) is 4.79 Å². The molecule has 0 aliphatic carbocycles. The number of carbonyl (C=O) groups excluding carboxylic acids is 1. The minimum atomic E-state index is -0.0120. The molecule has 2 aromatic carbocycles. The molecule has 2 aromatic heterocycles. The molecular weight excluding hydrogens is 430 g/mol. The van der Waals surface area contributed by atoms with Crippen LogP contribution in [0.4, 0.5) is 0 Å². The van der Waals surface area contributed by atoms with Crippen molar-refractivity contribution < 1.29 is 23.4 Å². The summed E-state index contributed by atoms with van der Waals surface area (Å²) in [5.41, 5.74) is 3.47. The number of aromatic amines is 1. The highest BCUT2D eigenvalue weighted by Crippen LogP contribution is 2.41. The van der Waals surface area contributed by atoms with E-state index in [0.717, 1.165) is 17.3 Å². The minimum Gasteiger partial charge on any atom is -0.493 e. The van der Waals surface area contributed by atoms with Gasteiger partial charge in [-0.25, -0.2) is 0 Å². The van der Waals surface area contributed by atoms with Crippen LogP contribution in [0.2, 0.25) is 0 Å². The number of benzene rings is 2. The van der Waals surface area contributed by atoms with E-state index in [0.29, 0.717) is 39.5 Å². The maximum absolute atomic E-state index is 12.8. The van der Waals surface area contributed by atoms with Crippen molar-refractivity contribution in [1.82, 2.24) is 15.2 Å². The molecular formula is C23H23N3O5S. The molecule has 4 rings (SSSR count). The van der Waals surface area contributed by atoms with Crippen LogP contribution in [0.25, 0.3) is 22.4 Å². The Morgan fingerprint density at radius 3 is 2.50 bits per heavy atom. The van der Waals surface area contributed by atoms with Crippen LogP contribution in [0.1, 0.15) is 22.8 Å². The lowest BCUT2D eigenvalue weighted by atomic mass is 10.1. The van der Waals surface area contributed by atoms with E-state index >= 15 is 0 Å². The fourth-order valence-corrected chi connectivity index (χ4v) is 4.18. The highest BCUT2D eigenvalue weighted by molar-refractivity contribution is 7.99. The molecule has 0 saturated carbocycles. The zero-order chi connectivity index (χ0) is 22.7. The standard InChI is InChI=1S/C23H23N3O5S/c1-5-13-7-6-8-15-16(11-24-20(13)15)17(27)12-32-23-26-25-22(31-23)14-9-18(28-2)21(30-4)19(10-14)29-3/h6-11,24H,5,12H2,1-4H3. The Labute approximate surface area is 189 Å². The number of carbonyl (C=O) groups is 1. The van der Waals surface area contributed by atoms with Crippen molar-refractivity contribution in [2.75, 3.05) is 27.1 Å². The molecule has 0 atom stereocenters. The molecule has 1 N–H and O–H groups in total. The molecule has 2 heterocycles. The summed E-state index contributed by atoms with van der Waals surface area (Å²) in [6.07, 6.45) is 2.66. The molecule has 0 amide bonds. The van der Waals surface area contributed by atoms with Crippen molar-refractivity contribution in [3.8, 4) is 28.7 Å². The Morgan fingerprint density at radius 1 is 1.09 bits per heavy atom. The molecule has 0 unspecified atom stereocenters. The van der Waals surface area contributed by atoms with Gasteiger partial charge in [0.1, 0.15) is 0 Å². The molecule has 9 heteroatoms. The summed E-state index contributed by atoms with van der Waals surface area (Å²) < 4.78 is 21.8. The smallest absolute Gasteiger partial charge is 0.277 e. The Morgan fingerprint density at radius 2 is 1.84 bits per heavy atom. The van der Waals surface area contributed by atoms with Crippen molar-refractivity contribution >= 4 is 28.4 Å². The number of hydrogen-bond acceptors (Lipinski definition) is 8. The van der Waals surface area contributed by atoms with E-state index in [1.54, 1.807) is 18.3 Å². The van der Waals surface area contributed by atoms with E-state index < -0.39 is 0 Å². The number of aromatic nitrogens is 3. The molecule has 166 valence electrons. The number of nitrogens with one attached hydrogen (secondary N) is 1. The first-order valence-corrected chi connectivity index (χ1v) is 11.0. The summed E-state index contributed by atoms with van der Waals surface area (Å²) in [4.78, 5) is 16.1. The van der Waals surface area contributed by atoms with Gasteiger partial charge in [0.2, 0.25) is 11.6 Å². The van der Waals surface area contributed by atoms with Crippen LogP contribution in [-0.2, 0) is 6.42 Å². The van der Waals surface area contributed by atoms with Gasteiger partial charge >= 0.3 is 0 Å². The highest BCUT2D eigenvalue weighted by atomic mass is 32.2. The lowest BCUT2D eigenvalue weighted by Gasteiger charge is -2.12. The van der Waals surface area contributed by atoms with Gasteiger partial charge < -0.3 is 23.6 Å². The molecule has 0 fully saturated rings. The van der Waals surface area contributed by atoms with Crippen LogP contribution in [0.15, 0.2) is 46.2 Å². The minimum absolute atomic E-state index is 0.0120. The molecule has 0 aliphatic heterocycles. The van der Waals surface area contributed by atoms with Gasteiger partial charge in [0.05, 0.1) is 27.1 Å². The number of rotatable bonds is 9. The summed E-state index contributed by atoms with van der Waals surface area (Å²) in [5.74, 6) is 1.90. The van der Waals surface area contributed by atoms with Crippen LogP contribution in [0, 0.1) is 0 Å². The van der Waals surface area contributed by atoms with Gasteiger partial charge in [-0.1, -0.05) is 36.9 Å². The number of hydrogen-bond donors (Lipinski definition) is 1. The maximum atomic E-state index is 12.8. The number of Topliss-reactive ketones (excluding diaryl/α,β-unsaturated/α-hetero) is 1. The third-order valence-corrected chi connectivity index (χ3v) is 5.95. The third-order valence-electron chi connectivity index (χ3n) is 5.13. The van der Waals surface area contributed by atoms with Gasteiger partial charge in [0.15, 0.2) is 17.3 Å². The quantitative estimate of drug-likeness (QED) is 0.285. The van der Waals surface area contributed by atoms with Gasteiger partial charge in [-0.05, 0) is 24.1 Å². The fourth-order valence-electron chi connectivity index (χ4n) is 3.54. The van der Waals surface area contributed by atoms with Gasteiger partial charge in [-0.2, -0.15) is 0 Å². The predicted molar refractivity (Wildman–Crippen MR) is 122 cm³/mol. The summed E-state index contributed by atoms with van der Waals surface area (Å²) in [7, 11) is 4.61. The van der Waals surface area contributed by atoms with E-state index in [9.17, 15) is 4.79 Å². The number of aryl methyl sites for hydroxylation is 1. The van der Waals surface area contributed by atoms with E-state index in [4.69, 9.17) is 18.6 Å². The van der Waals surface area contributed by atoms with Crippen LogP contribution in [0.3, 0.4) is 0 Å². The topological polar surface area (TPSA) is 99.5 Å². The monoisotopic (exact) mass is 453 g/mol. The van der Waals surface area contributed by atoms with Crippen LogP contribution in [0.5, 0.6) is 17.2 Å². The summed E-state index contributed by atoms with van der Waals surface area (Å²) in [5, 5.41) is 9.39. The maximum Gasteiger partial charge on any atom is 0.277 e. The van der Waals surface area contributed by atoms with Crippen LogP contribution < -0.4 is 14.2 Å². The predicted octanol–water partition coefficient (Wildman–Crippen LogP) is 4.78. The summed E-state index contributed by atoms with van der Waals surface area (Å²) >= 11 is 1.20. The van der Waals surface area contributed by atoms with E-state index in [2.05, 4.69) is 28.2 Å². The molecule has 4 aromatic rings. The number of H-pyrrole nitrogens is 1. The lowest BCUT2D eigenvalue weighted by Crippen LogP contribution is -2.01. The molecule has 0 saturated heterocycles. The van der Waals surface area contributed by atoms with Gasteiger partial charge in [0, 0.05) is 28.2 Å². The van der Waals surface area contributed by atoms with Crippen molar-refractivity contribution in [2.24, 2.45) is 0 Å². The zero-order valence-corrected chi connectivity index (χ0v) is 19.0. The first kappa shape index (κ1) is 21.8. The van der Waals surface area contributed by atoms with Gasteiger partial charge in [-0.15, -0.1) is 10.2 Å². The molecule has 0 aliphatic rings. The summed E-state index contributed by atoms with van der Waals surface area (Å²) in [6, 6.07) is 9.45. The normalized spacial score (nSPS) is 11.0. The Bertz CT molecular complexity index is 1240. The van der Waals surface area contributed by atoms with Crippen LogP contribution >= 0.6 is 11.8 Å². The average molecular weight is 454 g/mol. The molecule has 8 nitrogen and oxygen atoms in total. The van der Waals surface area contributed by atoms with Crippen LogP contribution in [-0.4, -0.2) is 48.0 Å². The SMILES string of the molecule is CCc1cccc2c(C(=O)CSc3nnc(-c4cc(OC)c(OC)c(OC)c4)o3)c[nH]c12. The van der Waals surface area contributed by atoms with E-state index in [1.165, 1.54) is 38.7 Å². The highest BCUT2D eigenvalue weighted by Gasteiger charge is 2.19. The number of methoxy groups -OCH3 is 3. The number of nitrogens with zero attached hydrogens (tertiary/aromatic N) is 2. The summed E-state index contributed by atoms with van der Waals surface area (Å²) in [6.45, 7) is 2.09. The number of ether oxygens (including phenoxy) is 3. The number of ketones is 1. The Kier molecular flexibility index (Phi) is 6.36. The Balaban J connectivity index is 1.52. The first-order valence-electron chi connectivity index (χ1n) is 9.98. The second-order valence-corrected chi connectivity index (χ2v) is 7.82. The van der Waals surface area contributed by atoms with E-state index in [1.807, 2.05) is 12.1 Å². The Hall–Kier alpha value is -3.46. The largest absolute Gasteiger partial charge is 0.493 e. The lowest BCUT2D eigenvalue weighted by molar-refractivity contribution is 0.102.